The zero-order chi connectivity index (χ0) is 17.5. The lowest BCUT2D eigenvalue weighted by Crippen LogP contribution is -2.35. The van der Waals surface area contributed by atoms with Gasteiger partial charge in [0.2, 0.25) is 0 Å². The highest BCUT2D eigenvalue weighted by molar-refractivity contribution is 5.75. The molecule has 6 nitrogen and oxygen atoms in total. The van der Waals surface area contributed by atoms with Crippen molar-refractivity contribution in [3.63, 3.8) is 0 Å². The van der Waals surface area contributed by atoms with Gasteiger partial charge in [0.05, 0.1) is 7.11 Å². The molecule has 0 radical (unpaired) electrons. The van der Waals surface area contributed by atoms with Crippen molar-refractivity contribution in [3.05, 3.63) is 35.4 Å². The Hall–Kier alpha value is -2.08. The number of nitrogens with one attached hydrogen (secondary N) is 2. The van der Waals surface area contributed by atoms with Gasteiger partial charge in [-0.1, -0.05) is 24.3 Å². The van der Waals surface area contributed by atoms with Gasteiger partial charge in [0.25, 0.3) is 0 Å². The molecule has 23 heavy (non-hydrogen) atoms. The fourth-order valence-corrected chi connectivity index (χ4v) is 1.91. The maximum Gasteiger partial charge on any atom is 0.407 e. The van der Waals surface area contributed by atoms with E-state index in [0.717, 1.165) is 11.1 Å². The van der Waals surface area contributed by atoms with Crippen molar-refractivity contribution >= 4 is 12.1 Å². The number of methoxy groups -OCH3 is 1. The number of ether oxygens (including phenoxy) is 2. The van der Waals surface area contributed by atoms with Crippen LogP contribution in [-0.4, -0.2) is 30.8 Å². The molecule has 1 atom stereocenters. The molecule has 1 aromatic carbocycles. The van der Waals surface area contributed by atoms with E-state index in [1.54, 1.807) is 6.92 Å². The molecule has 0 aliphatic heterocycles. The lowest BCUT2D eigenvalue weighted by Gasteiger charge is -2.20. The number of amides is 1. The first-order valence-corrected chi connectivity index (χ1v) is 7.58. The lowest BCUT2D eigenvalue weighted by molar-refractivity contribution is -0.142. The zero-order valence-electron chi connectivity index (χ0n) is 14.4. The first-order chi connectivity index (χ1) is 10.7. The fraction of sp³-hybridized carbons (Fsp3) is 0.529. The zero-order valence-corrected chi connectivity index (χ0v) is 14.4. The van der Waals surface area contributed by atoms with E-state index in [1.807, 2.05) is 45.0 Å². The van der Waals surface area contributed by atoms with E-state index in [0.29, 0.717) is 13.1 Å². The van der Waals surface area contributed by atoms with Gasteiger partial charge in [-0.05, 0) is 38.8 Å². The first kappa shape index (κ1) is 19.0. The maximum absolute atomic E-state index is 11.7. The van der Waals surface area contributed by atoms with Gasteiger partial charge in [-0.3, -0.25) is 4.79 Å². The van der Waals surface area contributed by atoms with Crippen LogP contribution in [0, 0.1) is 0 Å². The van der Waals surface area contributed by atoms with Gasteiger partial charge in [-0.25, -0.2) is 4.79 Å². The van der Waals surface area contributed by atoms with Crippen molar-refractivity contribution < 1.29 is 19.1 Å². The van der Waals surface area contributed by atoms with E-state index in [1.165, 1.54) is 7.11 Å². The van der Waals surface area contributed by atoms with Crippen molar-refractivity contribution in [1.82, 2.24) is 10.6 Å². The molecule has 0 aromatic heterocycles. The molecule has 0 heterocycles. The minimum absolute atomic E-state index is 0.311. The molecule has 1 amide bonds. The number of carbonyl (C=O) groups is 2. The summed E-state index contributed by atoms with van der Waals surface area (Å²) in [6.45, 7) is 8.06. The molecule has 0 saturated carbocycles. The Kier molecular flexibility index (Phi) is 7.03. The standard InChI is InChI=1S/C17H26N2O4/c1-12(15(20)22-5)18-10-13-8-6-7-9-14(13)11-19-16(21)23-17(2,3)4/h6-9,12,18H,10-11H2,1-5H3,(H,19,21). The second kappa shape index (κ2) is 8.53. The van der Waals surface area contributed by atoms with Crippen molar-refractivity contribution in [2.45, 2.75) is 52.4 Å². The molecule has 0 saturated heterocycles. The van der Waals surface area contributed by atoms with Crippen LogP contribution in [0.1, 0.15) is 38.8 Å². The van der Waals surface area contributed by atoms with Crippen LogP contribution >= 0.6 is 0 Å². The Morgan fingerprint density at radius 2 is 1.70 bits per heavy atom. The van der Waals surface area contributed by atoms with E-state index in [-0.39, 0.29) is 5.97 Å². The molecule has 6 heteroatoms. The van der Waals surface area contributed by atoms with Crippen molar-refractivity contribution in [3.8, 4) is 0 Å². The van der Waals surface area contributed by atoms with Gasteiger partial charge < -0.3 is 20.1 Å². The van der Waals surface area contributed by atoms with Gasteiger partial charge in [0.15, 0.2) is 0 Å². The maximum atomic E-state index is 11.7. The summed E-state index contributed by atoms with van der Waals surface area (Å²) in [4.78, 5) is 23.1. The summed E-state index contributed by atoms with van der Waals surface area (Å²) < 4.78 is 9.90. The monoisotopic (exact) mass is 322 g/mol. The van der Waals surface area contributed by atoms with E-state index < -0.39 is 17.7 Å². The van der Waals surface area contributed by atoms with Crippen LogP contribution in [0.3, 0.4) is 0 Å². The number of carbonyl (C=O) groups excluding carboxylic acids is 2. The molecule has 0 aliphatic carbocycles. The van der Waals surface area contributed by atoms with Gasteiger partial charge in [-0.15, -0.1) is 0 Å². The molecule has 0 aliphatic rings. The Balaban J connectivity index is 2.60. The number of benzene rings is 1. The normalized spacial score (nSPS) is 12.4. The lowest BCUT2D eigenvalue weighted by atomic mass is 10.1. The highest BCUT2D eigenvalue weighted by atomic mass is 16.6. The van der Waals surface area contributed by atoms with Crippen LogP contribution in [0.2, 0.25) is 0 Å². The summed E-state index contributed by atoms with van der Waals surface area (Å²) in [6, 6.07) is 7.29. The average Bonchev–Trinajstić information content (AvgIpc) is 2.48. The van der Waals surface area contributed by atoms with Gasteiger partial charge in [0.1, 0.15) is 11.6 Å². The largest absolute Gasteiger partial charge is 0.468 e. The van der Waals surface area contributed by atoms with E-state index >= 15 is 0 Å². The summed E-state index contributed by atoms with van der Waals surface area (Å²) in [6.07, 6.45) is -0.455. The molecule has 0 fully saturated rings. The van der Waals surface area contributed by atoms with Crippen molar-refractivity contribution in [2.24, 2.45) is 0 Å². The van der Waals surface area contributed by atoms with Crippen LogP contribution in [0.15, 0.2) is 24.3 Å². The molecule has 1 rings (SSSR count). The van der Waals surface area contributed by atoms with E-state index in [9.17, 15) is 9.59 Å². The third kappa shape index (κ3) is 7.15. The fourth-order valence-electron chi connectivity index (χ4n) is 1.91. The second-order valence-corrected chi connectivity index (χ2v) is 6.25. The van der Waals surface area contributed by atoms with Crippen molar-refractivity contribution in [2.75, 3.05) is 7.11 Å². The predicted octanol–water partition coefficient (Wildman–Crippen LogP) is 2.36. The number of alkyl carbamates (subject to hydrolysis) is 1. The van der Waals surface area contributed by atoms with E-state index in [2.05, 4.69) is 15.4 Å². The van der Waals surface area contributed by atoms with Crippen molar-refractivity contribution in [1.29, 1.82) is 0 Å². The molecular formula is C17H26N2O4. The first-order valence-electron chi connectivity index (χ1n) is 7.58. The van der Waals surface area contributed by atoms with Crippen LogP contribution < -0.4 is 10.6 Å². The summed E-state index contributed by atoms with van der Waals surface area (Å²) in [5.74, 6) is -0.311. The summed E-state index contributed by atoms with van der Waals surface area (Å²) in [7, 11) is 1.36. The molecular weight excluding hydrogens is 296 g/mol. The van der Waals surface area contributed by atoms with Crippen LogP contribution in [0.25, 0.3) is 0 Å². The topological polar surface area (TPSA) is 76.7 Å². The molecule has 0 bridgehead atoms. The number of hydrogen-bond acceptors (Lipinski definition) is 5. The molecule has 1 aromatic rings. The minimum atomic E-state index is -0.527. The minimum Gasteiger partial charge on any atom is -0.468 e. The summed E-state index contributed by atoms with van der Waals surface area (Å²) in [5.41, 5.74) is 1.43. The predicted molar refractivity (Wildman–Crippen MR) is 87.8 cm³/mol. The Morgan fingerprint density at radius 3 is 2.22 bits per heavy atom. The Labute approximate surface area is 137 Å². The number of hydrogen-bond donors (Lipinski definition) is 2. The Bertz CT molecular complexity index is 538. The molecule has 0 spiro atoms. The highest BCUT2D eigenvalue weighted by Crippen LogP contribution is 2.10. The summed E-state index contributed by atoms with van der Waals surface area (Å²) in [5, 5.41) is 5.83. The quantitative estimate of drug-likeness (QED) is 0.786. The van der Waals surface area contributed by atoms with Gasteiger partial charge in [-0.2, -0.15) is 0 Å². The third-order valence-electron chi connectivity index (χ3n) is 3.09. The smallest absolute Gasteiger partial charge is 0.407 e. The van der Waals surface area contributed by atoms with Crippen LogP contribution in [0.4, 0.5) is 4.79 Å². The second-order valence-electron chi connectivity index (χ2n) is 6.25. The Morgan fingerprint density at radius 1 is 1.13 bits per heavy atom. The molecule has 1 unspecified atom stereocenters. The average molecular weight is 322 g/mol. The van der Waals surface area contributed by atoms with E-state index in [4.69, 9.17) is 4.74 Å². The number of rotatable bonds is 6. The molecule has 128 valence electrons. The van der Waals surface area contributed by atoms with Gasteiger partial charge >= 0.3 is 12.1 Å². The number of esters is 1. The highest BCUT2D eigenvalue weighted by Gasteiger charge is 2.16. The van der Waals surface area contributed by atoms with Crippen LogP contribution in [0.5, 0.6) is 0 Å². The molecule has 2 N–H and O–H groups in total. The van der Waals surface area contributed by atoms with Gasteiger partial charge in [0, 0.05) is 13.1 Å². The summed E-state index contributed by atoms with van der Waals surface area (Å²) >= 11 is 0. The SMILES string of the molecule is COC(=O)C(C)NCc1ccccc1CNC(=O)OC(C)(C)C. The third-order valence-corrected chi connectivity index (χ3v) is 3.09. The van der Waals surface area contributed by atoms with Crippen LogP contribution in [-0.2, 0) is 27.4 Å².